The minimum Gasteiger partial charge on any atom is -0.492 e. The fourth-order valence-corrected chi connectivity index (χ4v) is 2.50. The molecule has 4 nitrogen and oxygen atoms in total. The van der Waals surface area contributed by atoms with E-state index in [9.17, 15) is 4.79 Å². The van der Waals surface area contributed by atoms with Crippen LogP contribution >= 0.6 is 23.2 Å². The zero-order valence-electron chi connectivity index (χ0n) is 14.2. The lowest BCUT2D eigenvalue weighted by Crippen LogP contribution is -2.39. The van der Waals surface area contributed by atoms with Crippen LogP contribution in [0.2, 0.25) is 10.0 Å². The number of halogens is 2. The van der Waals surface area contributed by atoms with Gasteiger partial charge >= 0.3 is 0 Å². The van der Waals surface area contributed by atoms with Crippen molar-refractivity contribution in [2.45, 2.75) is 26.4 Å². The summed E-state index contributed by atoms with van der Waals surface area (Å²) in [5.74, 6) is 1.06. The molecule has 0 spiro atoms. The molecular weight excluding hydrogens is 361 g/mol. The number of hydrogen-bond acceptors (Lipinski definition) is 3. The molecule has 0 heterocycles. The summed E-state index contributed by atoms with van der Waals surface area (Å²) in [6, 6.07) is 12.5. The first-order chi connectivity index (χ1) is 12.0. The summed E-state index contributed by atoms with van der Waals surface area (Å²) in [5, 5.41) is 4.03. The van der Waals surface area contributed by atoms with Crippen LogP contribution < -0.4 is 14.8 Å². The summed E-state index contributed by atoms with van der Waals surface area (Å²) >= 11 is 12.0. The van der Waals surface area contributed by atoms with E-state index in [0.29, 0.717) is 41.1 Å². The number of amides is 1. The number of benzene rings is 2. The van der Waals surface area contributed by atoms with Crippen LogP contribution in [-0.4, -0.2) is 25.2 Å². The zero-order chi connectivity index (χ0) is 18.2. The van der Waals surface area contributed by atoms with E-state index in [-0.39, 0.29) is 5.91 Å². The number of carbonyl (C=O) groups is 1. The highest BCUT2D eigenvalue weighted by molar-refractivity contribution is 6.31. The predicted molar refractivity (Wildman–Crippen MR) is 101 cm³/mol. The van der Waals surface area contributed by atoms with Crippen LogP contribution in [0.1, 0.15) is 18.9 Å². The van der Waals surface area contributed by atoms with Gasteiger partial charge in [-0.25, -0.2) is 0 Å². The van der Waals surface area contributed by atoms with Crippen molar-refractivity contribution in [1.82, 2.24) is 5.32 Å². The molecule has 25 heavy (non-hydrogen) atoms. The van der Waals surface area contributed by atoms with Crippen molar-refractivity contribution in [2.75, 3.05) is 13.2 Å². The quantitative estimate of drug-likeness (QED) is 0.676. The van der Waals surface area contributed by atoms with Crippen LogP contribution in [0.25, 0.3) is 0 Å². The molecule has 6 heteroatoms. The van der Waals surface area contributed by atoms with Gasteiger partial charge in [-0.1, -0.05) is 42.3 Å². The molecule has 0 saturated carbocycles. The van der Waals surface area contributed by atoms with Gasteiger partial charge in [0, 0.05) is 10.0 Å². The summed E-state index contributed by atoms with van der Waals surface area (Å²) in [4.78, 5) is 12.2. The number of rotatable bonds is 8. The molecule has 0 aromatic heterocycles. The first kappa shape index (κ1) is 19.4. The van der Waals surface area contributed by atoms with E-state index in [1.807, 2.05) is 26.0 Å². The van der Waals surface area contributed by atoms with E-state index in [4.69, 9.17) is 32.7 Å². The van der Waals surface area contributed by atoms with Crippen molar-refractivity contribution < 1.29 is 14.3 Å². The molecule has 134 valence electrons. The van der Waals surface area contributed by atoms with Gasteiger partial charge in [-0.2, -0.15) is 0 Å². The second-order valence-electron chi connectivity index (χ2n) is 5.52. The highest BCUT2D eigenvalue weighted by Gasteiger charge is 2.18. The smallest absolute Gasteiger partial charge is 0.261 e. The number of carbonyl (C=O) groups excluding carboxylic acids is 1. The molecular formula is C19H21Cl2NO3. The molecule has 0 bridgehead atoms. The molecule has 0 aliphatic carbocycles. The van der Waals surface area contributed by atoms with Crippen molar-refractivity contribution in [1.29, 1.82) is 0 Å². The van der Waals surface area contributed by atoms with E-state index in [0.717, 1.165) is 5.56 Å². The maximum absolute atomic E-state index is 12.2. The minimum atomic E-state index is -0.577. The van der Waals surface area contributed by atoms with E-state index >= 15 is 0 Å². The third-order valence-corrected chi connectivity index (χ3v) is 4.19. The van der Waals surface area contributed by atoms with Gasteiger partial charge in [0.1, 0.15) is 18.1 Å². The average Bonchev–Trinajstić information content (AvgIpc) is 2.59. The number of ether oxygens (including phenoxy) is 2. The number of nitrogens with one attached hydrogen (secondary N) is 1. The van der Waals surface area contributed by atoms with Gasteiger partial charge in [-0.05, 0) is 49.2 Å². The van der Waals surface area contributed by atoms with Gasteiger partial charge < -0.3 is 14.8 Å². The standard InChI is InChI=1S/C19H21Cl2NO3/c1-3-18(25-16-6-4-5-14(20)11-16)19(23)22-9-10-24-15-8-7-13(2)17(21)12-15/h4-8,11-12,18H,3,9-10H2,1-2H3,(H,22,23)/t18-/m1/s1. The first-order valence-corrected chi connectivity index (χ1v) is 8.84. The summed E-state index contributed by atoms with van der Waals surface area (Å²) in [7, 11) is 0. The van der Waals surface area contributed by atoms with E-state index < -0.39 is 6.10 Å². The van der Waals surface area contributed by atoms with Gasteiger partial charge in [-0.15, -0.1) is 0 Å². The highest BCUT2D eigenvalue weighted by Crippen LogP contribution is 2.21. The Bertz CT molecular complexity index is 722. The van der Waals surface area contributed by atoms with E-state index in [1.165, 1.54) is 0 Å². The molecule has 0 saturated heterocycles. The van der Waals surface area contributed by atoms with Gasteiger partial charge in [-0.3, -0.25) is 4.79 Å². The third kappa shape index (κ3) is 6.15. The summed E-state index contributed by atoms with van der Waals surface area (Å²) in [6.07, 6.45) is -0.0282. The fraction of sp³-hybridized carbons (Fsp3) is 0.316. The lowest BCUT2D eigenvalue weighted by molar-refractivity contribution is -0.128. The van der Waals surface area contributed by atoms with Gasteiger partial charge in [0.2, 0.25) is 0 Å². The fourth-order valence-electron chi connectivity index (χ4n) is 2.15. The molecule has 1 atom stereocenters. The molecule has 0 unspecified atom stereocenters. The van der Waals surface area contributed by atoms with Crippen molar-refractivity contribution in [3.8, 4) is 11.5 Å². The monoisotopic (exact) mass is 381 g/mol. The number of aryl methyl sites for hydroxylation is 1. The minimum absolute atomic E-state index is 0.187. The van der Waals surface area contributed by atoms with Crippen molar-refractivity contribution in [3.63, 3.8) is 0 Å². The predicted octanol–water partition coefficient (Wildman–Crippen LogP) is 4.65. The molecule has 0 aliphatic rings. The Morgan fingerprint density at radius 3 is 2.64 bits per heavy atom. The van der Waals surface area contributed by atoms with Gasteiger partial charge in [0.05, 0.1) is 6.54 Å². The van der Waals surface area contributed by atoms with Crippen molar-refractivity contribution in [3.05, 3.63) is 58.1 Å². The Morgan fingerprint density at radius 1 is 1.16 bits per heavy atom. The van der Waals surface area contributed by atoms with Crippen LogP contribution in [-0.2, 0) is 4.79 Å². The molecule has 0 fully saturated rings. The maximum Gasteiger partial charge on any atom is 0.261 e. The maximum atomic E-state index is 12.2. The van der Waals surface area contributed by atoms with Crippen molar-refractivity contribution >= 4 is 29.1 Å². The topological polar surface area (TPSA) is 47.6 Å². The third-order valence-electron chi connectivity index (χ3n) is 3.55. The Morgan fingerprint density at radius 2 is 1.96 bits per heavy atom. The first-order valence-electron chi connectivity index (χ1n) is 8.08. The molecule has 2 aromatic rings. The molecule has 2 rings (SSSR count). The lowest BCUT2D eigenvalue weighted by atomic mass is 10.2. The summed E-state index contributed by atoms with van der Waals surface area (Å²) in [6.45, 7) is 4.54. The second-order valence-corrected chi connectivity index (χ2v) is 6.37. The molecule has 0 radical (unpaired) electrons. The Balaban J connectivity index is 1.78. The Hall–Kier alpha value is -1.91. The van der Waals surface area contributed by atoms with Crippen LogP contribution in [0.3, 0.4) is 0 Å². The summed E-state index contributed by atoms with van der Waals surface area (Å²) < 4.78 is 11.3. The highest BCUT2D eigenvalue weighted by atomic mass is 35.5. The largest absolute Gasteiger partial charge is 0.492 e. The number of hydrogen-bond donors (Lipinski definition) is 1. The molecule has 0 aliphatic heterocycles. The Kier molecular flexibility index (Phi) is 7.41. The van der Waals surface area contributed by atoms with Crippen LogP contribution in [0, 0.1) is 6.92 Å². The van der Waals surface area contributed by atoms with E-state index in [2.05, 4.69) is 5.32 Å². The molecule has 1 amide bonds. The van der Waals surface area contributed by atoms with E-state index in [1.54, 1.807) is 30.3 Å². The van der Waals surface area contributed by atoms with Gasteiger partial charge in [0.25, 0.3) is 5.91 Å². The van der Waals surface area contributed by atoms with Crippen molar-refractivity contribution in [2.24, 2.45) is 0 Å². The zero-order valence-corrected chi connectivity index (χ0v) is 15.7. The van der Waals surface area contributed by atoms with Crippen LogP contribution in [0.4, 0.5) is 0 Å². The normalized spacial score (nSPS) is 11.7. The van der Waals surface area contributed by atoms with Crippen LogP contribution in [0.5, 0.6) is 11.5 Å². The summed E-state index contributed by atoms with van der Waals surface area (Å²) in [5.41, 5.74) is 0.992. The SMILES string of the molecule is CC[C@@H](Oc1cccc(Cl)c1)C(=O)NCCOc1ccc(C)c(Cl)c1. The molecule has 1 N–H and O–H groups in total. The van der Waals surface area contributed by atoms with Gasteiger partial charge in [0.15, 0.2) is 6.10 Å². The molecule has 2 aromatic carbocycles. The second kappa shape index (κ2) is 9.54. The van der Waals surface area contributed by atoms with Crippen LogP contribution in [0.15, 0.2) is 42.5 Å². The average molecular weight is 382 g/mol. The lowest BCUT2D eigenvalue weighted by Gasteiger charge is -2.17. The Labute approximate surface area is 158 Å².